The van der Waals surface area contributed by atoms with Crippen LogP contribution in [-0.4, -0.2) is 63.0 Å². The van der Waals surface area contributed by atoms with Crippen molar-refractivity contribution in [3.8, 4) is 5.75 Å². The molecule has 1 unspecified atom stereocenters. The number of hydrogen-bond acceptors (Lipinski definition) is 6. The third-order valence-electron chi connectivity index (χ3n) is 5.27. The highest BCUT2D eigenvalue weighted by Gasteiger charge is 2.32. The van der Waals surface area contributed by atoms with Crippen LogP contribution in [0.4, 0.5) is 4.39 Å². The summed E-state index contributed by atoms with van der Waals surface area (Å²) < 4.78 is 14.2. The molecule has 1 aromatic heterocycles. The van der Waals surface area contributed by atoms with Crippen LogP contribution >= 0.6 is 0 Å². The van der Waals surface area contributed by atoms with E-state index in [2.05, 4.69) is 10.3 Å². The topological polar surface area (TPSA) is 108 Å². The van der Waals surface area contributed by atoms with Gasteiger partial charge in [0.15, 0.2) is 5.69 Å². The van der Waals surface area contributed by atoms with Gasteiger partial charge < -0.3 is 15.3 Å². The van der Waals surface area contributed by atoms with Crippen molar-refractivity contribution >= 4 is 11.8 Å². The molecule has 0 aliphatic carbocycles. The minimum atomic E-state index is -0.750. The van der Waals surface area contributed by atoms with Gasteiger partial charge in [0.1, 0.15) is 11.6 Å². The molecule has 1 fully saturated rings. The number of benzene rings is 1. The van der Waals surface area contributed by atoms with E-state index in [9.17, 15) is 23.9 Å². The summed E-state index contributed by atoms with van der Waals surface area (Å²) in [5, 5.41) is 12.8. The Balaban J connectivity index is 1.89. The molecule has 30 heavy (non-hydrogen) atoms. The summed E-state index contributed by atoms with van der Waals surface area (Å²) in [6.07, 6.45) is 0. The molecule has 3 rings (SSSR count). The molecular weight excluding hydrogens is 393 g/mol. The van der Waals surface area contributed by atoms with E-state index >= 15 is 0 Å². The van der Waals surface area contributed by atoms with Crippen molar-refractivity contribution in [2.75, 3.05) is 26.7 Å². The molecular formula is C20H24FN5O4. The smallest absolute Gasteiger partial charge is 0.296 e. The zero-order chi connectivity index (χ0) is 22.0. The molecule has 1 aromatic carbocycles. The molecule has 1 aliphatic rings. The Morgan fingerprint density at radius 1 is 1.23 bits per heavy atom. The van der Waals surface area contributed by atoms with Gasteiger partial charge in [0.25, 0.3) is 11.5 Å². The molecule has 160 valence electrons. The first-order valence-corrected chi connectivity index (χ1v) is 9.47. The lowest BCUT2D eigenvalue weighted by molar-refractivity contribution is -0.131. The molecule has 2 N–H and O–H groups in total. The predicted octanol–water partition coefficient (Wildman–Crippen LogP) is 0.390. The number of carbonyl (C=O) groups is 2. The number of rotatable bonds is 4. The number of likely N-dealkylation sites (N-methyl/N-ethyl adjacent to an activating group) is 1. The van der Waals surface area contributed by atoms with Gasteiger partial charge in [0, 0.05) is 40.2 Å². The summed E-state index contributed by atoms with van der Waals surface area (Å²) in [5.41, 5.74) is -0.485. The third kappa shape index (κ3) is 4.33. The van der Waals surface area contributed by atoms with E-state index in [0.717, 1.165) is 0 Å². The van der Waals surface area contributed by atoms with Crippen LogP contribution in [-0.2, 0) is 18.4 Å². The summed E-state index contributed by atoms with van der Waals surface area (Å²) in [6, 6.07) is 5.17. The fraction of sp³-hybridized carbons (Fsp3) is 0.400. The van der Waals surface area contributed by atoms with E-state index in [0.29, 0.717) is 25.2 Å². The molecule has 0 spiro atoms. The summed E-state index contributed by atoms with van der Waals surface area (Å²) >= 11 is 0. The van der Waals surface area contributed by atoms with Crippen LogP contribution < -0.4 is 10.9 Å². The van der Waals surface area contributed by atoms with E-state index in [1.54, 1.807) is 4.90 Å². The molecule has 2 amide bonds. The molecule has 1 saturated heterocycles. The number of nitrogens with zero attached hydrogens (tertiary/aromatic N) is 4. The van der Waals surface area contributed by atoms with Crippen LogP contribution in [0.3, 0.4) is 0 Å². The Kier molecular flexibility index (Phi) is 6.16. The maximum absolute atomic E-state index is 13.0. The molecule has 9 nitrogen and oxygen atoms in total. The maximum atomic E-state index is 13.0. The lowest BCUT2D eigenvalue weighted by Gasteiger charge is -2.39. The second-order valence-electron chi connectivity index (χ2n) is 7.30. The maximum Gasteiger partial charge on any atom is 0.296 e. The highest BCUT2D eigenvalue weighted by Crippen LogP contribution is 2.23. The van der Waals surface area contributed by atoms with Crippen LogP contribution in [0.2, 0.25) is 0 Å². The van der Waals surface area contributed by atoms with Crippen molar-refractivity contribution in [2.45, 2.75) is 19.5 Å². The van der Waals surface area contributed by atoms with Gasteiger partial charge in [0.2, 0.25) is 11.7 Å². The van der Waals surface area contributed by atoms with E-state index in [1.807, 2.05) is 11.9 Å². The highest BCUT2D eigenvalue weighted by molar-refractivity contribution is 5.94. The summed E-state index contributed by atoms with van der Waals surface area (Å²) in [7, 11) is 3.31. The Morgan fingerprint density at radius 3 is 2.53 bits per heavy atom. The molecule has 1 aliphatic heterocycles. The molecule has 2 heterocycles. The number of hydrogen-bond donors (Lipinski definition) is 2. The minimum Gasteiger partial charge on any atom is -0.501 e. The van der Waals surface area contributed by atoms with Gasteiger partial charge >= 0.3 is 0 Å². The van der Waals surface area contributed by atoms with Crippen LogP contribution in [0.25, 0.3) is 0 Å². The molecule has 0 saturated carbocycles. The van der Waals surface area contributed by atoms with Crippen molar-refractivity contribution in [3.63, 3.8) is 0 Å². The first-order chi connectivity index (χ1) is 14.2. The van der Waals surface area contributed by atoms with Crippen LogP contribution in [0.1, 0.15) is 34.8 Å². The standard InChI is InChI=1S/C20H24FN5O4/c1-12(27)26-9-8-24(2)15(11-26)18-23-16(17(28)20(30)25(18)3)19(29)22-10-13-4-6-14(21)7-5-13/h4-7,15,28H,8-11H2,1-3H3,(H,22,29). The average molecular weight is 417 g/mol. The van der Waals surface area contributed by atoms with Gasteiger partial charge in [-0.05, 0) is 24.7 Å². The molecule has 10 heteroatoms. The number of nitrogens with one attached hydrogen (secondary N) is 1. The van der Waals surface area contributed by atoms with Gasteiger partial charge in [-0.25, -0.2) is 9.37 Å². The summed E-state index contributed by atoms with van der Waals surface area (Å²) in [6.45, 7) is 2.99. The molecule has 1 atom stereocenters. The van der Waals surface area contributed by atoms with Crippen molar-refractivity contribution in [1.82, 2.24) is 24.7 Å². The molecule has 2 aromatic rings. The molecule has 0 bridgehead atoms. The van der Waals surface area contributed by atoms with Gasteiger partial charge in [-0.15, -0.1) is 0 Å². The predicted molar refractivity (Wildman–Crippen MR) is 106 cm³/mol. The first-order valence-electron chi connectivity index (χ1n) is 9.47. The summed E-state index contributed by atoms with van der Waals surface area (Å²) in [5.74, 6) is -1.68. The highest BCUT2D eigenvalue weighted by atomic mass is 19.1. The first kappa shape index (κ1) is 21.4. The zero-order valence-corrected chi connectivity index (χ0v) is 17.1. The van der Waals surface area contributed by atoms with E-state index in [1.165, 1.54) is 42.8 Å². The van der Waals surface area contributed by atoms with Crippen LogP contribution in [0.15, 0.2) is 29.1 Å². The normalized spacial score (nSPS) is 17.1. The monoisotopic (exact) mass is 417 g/mol. The fourth-order valence-corrected chi connectivity index (χ4v) is 3.37. The average Bonchev–Trinajstić information content (AvgIpc) is 2.72. The Hall–Kier alpha value is -3.27. The second-order valence-corrected chi connectivity index (χ2v) is 7.30. The van der Waals surface area contributed by atoms with Crippen LogP contribution in [0.5, 0.6) is 5.75 Å². The van der Waals surface area contributed by atoms with Crippen molar-refractivity contribution < 1.29 is 19.1 Å². The number of carbonyl (C=O) groups excluding carboxylic acids is 2. The largest absolute Gasteiger partial charge is 0.501 e. The van der Waals surface area contributed by atoms with Gasteiger partial charge in [0.05, 0.1) is 6.04 Å². The lowest BCUT2D eigenvalue weighted by Crippen LogP contribution is -2.50. The van der Waals surface area contributed by atoms with Crippen molar-refractivity contribution in [2.24, 2.45) is 7.05 Å². The van der Waals surface area contributed by atoms with Crippen molar-refractivity contribution in [3.05, 3.63) is 57.5 Å². The van der Waals surface area contributed by atoms with Crippen LogP contribution in [0, 0.1) is 5.82 Å². The Labute approximate surface area is 172 Å². The Morgan fingerprint density at radius 2 is 1.90 bits per heavy atom. The zero-order valence-electron chi connectivity index (χ0n) is 17.1. The van der Waals surface area contributed by atoms with E-state index in [4.69, 9.17) is 0 Å². The number of aromatic hydroxyl groups is 1. The van der Waals surface area contributed by atoms with E-state index in [-0.39, 0.29) is 24.0 Å². The van der Waals surface area contributed by atoms with Gasteiger partial charge in [-0.3, -0.25) is 23.9 Å². The van der Waals surface area contributed by atoms with E-state index < -0.39 is 29.1 Å². The number of aromatic nitrogens is 2. The number of piperazine rings is 1. The van der Waals surface area contributed by atoms with Gasteiger partial charge in [-0.2, -0.15) is 0 Å². The van der Waals surface area contributed by atoms with Gasteiger partial charge in [-0.1, -0.05) is 12.1 Å². The second kappa shape index (κ2) is 8.62. The quantitative estimate of drug-likeness (QED) is 0.745. The fourth-order valence-electron chi connectivity index (χ4n) is 3.37. The number of amides is 2. The lowest BCUT2D eigenvalue weighted by atomic mass is 10.1. The third-order valence-corrected chi connectivity index (χ3v) is 5.27. The Bertz CT molecular complexity index is 1020. The van der Waals surface area contributed by atoms with Crippen molar-refractivity contribution in [1.29, 1.82) is 0 Å². The number of halogens is 1. The molecule has 0 radical (unpaired) electrons. The summed E-state index contributed by atoms with van der Waals surface area (Å²) in [4.78, 5) is 44.8. The SMILES string of the molecule is CC(=O)N1CCN(C)C(c2nc(C(=O)NCc3ccc(F)cc3)c(O)c(=O)n2C)C1. The minimum absolute atomic E-state index is 0.0756.